The van der Waals surface area contributed by atoms with Crippen LogP contribution in [-0.2, 0) is 0 Å². The average Bonchev–Trinajstić information content (AvgIpc) is 2.58. The minimum atomic E-state index is -1.73. The Balaban J connectivity index is 1.92. The number of aliphatic hydroxyl groups excluding tert-OH is 1. The van der Waals surface area contributed by atoms with Crippen molar-refractivity contribution in [1.82, 2.24) is 0 Å². The van der Waals surface area contributed by atoms with E-state index in [2.05, 4.69) is 6.92 Å². The molecule has 1 radical (unpaired) electrons. The first-order chi connectivity index (χ1) is 10.8. The maximum absolute atomic E-state index is 11.1. The van der Waals surface area contributed by atoms with Crippen LogP contribution in [0.15, 0.2) is 0 Å². The first-order valence-corrected chi connectivity index (χ1v) is 12.6. The van der Waals surface area contributed by atoms with Crippen LogP contribution in [-0.4, -0.2) is 27.9 Å². The van der Waals surface area contributed by atoms with Gasteiger partial charge in [-0.25, -0.2) is 0 Å². The second-order valence-electron chi connectivity index (χ2n) is 8.52. The molecule has 0 saturated heterocycles. The van der Waals surface area contributed by atoms with Crippen molar-refractivity contribution in [1.29, 1.82) is 0 Å². The van der Waals surface area contributed by atoms with Gasteiger partial charge in [-0.05, 0) is 0 Å². The molecule has 0 heterocycles. The van der Waals surface area contributed by atoms with Gasteiger partial charge in [0.15, 0.2) is 0 Å². The molecule has 0 aromatic heterocycles. The fourth-order valence-corrected chi connectivity index (χ4v) is 14.5. The summed E-state index contributed by atoms with van der Waals surface area (Å²) < 4.78 is 0. The Morgan fingerprint density at radius 1 is 0.591 bits per heavy atom. The molecule has 0 aromatic carbocycles. The Morgan fingerprint density at radius 2 is 0.864 bits per heavy atom. The maximum atomic E-state index is 11.1. The number of aliphatic hydroxyl groups is 1. The summed E-state index contributed by atoms with van der Waals surface area (Å²) in [6, 6.07) is 0. The molecule has 0 spiro atoms. The van der Waals surface area contributed by atoms with E-state index in [1.54, 1.807) is 0 Å². The summed E-state index contributed by atoms with van der Waals surface area (Å²) in [5, 5.41) is 11.1. The zero-order chi connectivity index (χ0) is 15.4. The van der Waals surface area contributed by atoms with Crippen molar-refractivity contribution >= 4 is 7.26 Å². The van der Waals surface area contributed by atoms with Gasteiger partial charge in [0.2, 0.25) is 0 Å². The molecule has 3 rings (SSSR count). The van der Waals surface area contributed by atoms with E-state index in [-0.39, 0.29) is 5.85 Å². The summed E-state index contributed by atoms with van der Waals surface area (Å²) in [6.07, 6.45) is 21.4. The van der Waals surface area contributed by atoms with Crippen molar-refractivity contribution in [3.05, 3.63) is 6.92 Å². The summed E-state index contributed by atoms with van der Waals surface area (Å²) in [6.45, 7) is 4.35. The monoisotopic (exact) mass is 325 g/mol. The second kappa shape index (κ2) is 7.98. The summed E-state index contributed by atoms with van der Waals surface area (Å²) in [7, 11) is -1.73. The van der Waals surface area contributed by atoms with Crippen LogP contribution >= 0.6 is 7.26 Å². The van der Waals surface area contributed by atoms with Gasteiger partial charge < -0.3 is 0 Å². The van der Waals surface area contributed by atoms with E-state index in [9.17, 15) is 5.11 Å². The zero-order valence-electron chi connectivity index (χ0n) is 14.6. The molecular weight excluding hydrogens is 287 g/mol. The third kappa shape index (κ3) is 3.27. The van der Waals surface area contributed by atoms with Crippen molar-refractivity contribution in [2.75, 3.05) is 0 Å². The molecule has 3 aliphatic rings. The van der Waals surface area contributed by atoms with Gasteiger partial charge in [-0.3, -0.25) is 0 Å². The standard InChI is InChI=1S/C20H38OP/c1-17(21)22(18-11-5-2-6-12-18,19-13-7-3-8-14-19)20-15-9-4-10-16-20/h17-22H,1-16H2. The Kier molecular flexibility index (Phi) is 6.24. The van der Waals surface area contributed by atoms with Gasteiger partial charge in [-0.2, -0.15) is 0 Å². The second-order valence-corrected chi connectivity index (χ2v) is 13.6. The van der Waals surface area contributed by atoms with Crippen molar-refractivity contribution in [2.24, 2.45) is 0 Å². The van der Waals surface area contributed by atoms with Crippen molar-refractivity contribution in [2.45, 2.75) is 119 Å². The quantitative estimate of drug-likeness (QED) is 0.639. The molecule has 1 atom stereocenters. The molecule has 3 aliphatic carbocycles. The van der Waals surface area contributed by atoms with Crippen LogP contribution in [0.2, 0.25) is 0 Å². The van der Waals surface area contributed by atoms with Crippen LogP contribution in [0.5, 0.6) is 0 Å². The summed E-state index contributed by atoms with van der Waals surface area (Å²) in [5.41, 5.74) is 2.67. The van der Waals surface area contributed by atoms with Crippen molar-refractivity contribution in [3.8, 4) is 0 Å². The number of hydrogen-bond donors (Lipinski definition) is 1. The van der Waals surface area contributed by atoms with E-state index in [1.165, 1.54) is 96.3 Å². The Morgan fingerprint density at radius 3 is 1.09 bits per heavy atom. The Bertz CT molecular complexity index is 277. The predicted molar refractivity (Wildman–Crippen MR) is 100 cm³/mol. The molecule has 0 aromatic rings. The molecule has 0 amide bonds. The molecular formula is C20H38OP. The van der Waals surface area contributed by atoms with Gasteiger partial charge in [0.05, 0.1) is 0 Å². The third-order valence-corrected chi connectivity index (χ3v) is 14.6. The van der Waals surface area contributed by atoms with Crippen LogP contribution in [0, 0.1) is 6.92 Å². The van der Waals surface area contributed by atoms with Gasteiger partial charge in [0.25, 0.3) is 0 Å². The molecule has 1 unspecified atom stereocenters. The normalized spacial score (nSPS) is 29.4. The topological polar surface area (TPSA) is 20.2 Å². The van der Waals surface area contributed by atoms with E-state index >= 15 is 0 Å². The molecule has 1 nitrogen and oxygen atoms in total. The average molecular weight is 325 g/mol. The van der Waals surface area contributed by atoms with Crippen LogP contribution in [0.3, 0.4) is 0 Å². The molecule has 22 heavy (non-hydrogen) atoms. The zero-order valence-corrected chi connectivity index (χ0v) is 15.6. The molecule has 2 heteroatoms. The Labute approximate surface area is 139 Å². The van der Waals surface area contributed by atoms with Crippen LogP contribution < -0.4 is 0 Å². The molecule has 3 fully saturated rings. The van der Waals surface area contributed by atoms with E-state index < -0.39 is 7.26 Å². The van der Waals surface area contributed by atoms with E-state index in [0.29, 0.717) is 0 Å². The van der Waals surface area contributed by atoms with Crippen LogP contribution in [0.25, 0.3) is 0 Å². The van der Waals surface area contributed by atoms with Crippen molar-refractivity contribution in [3.63, 3.8) is 0 Å². The molecule has 0 aliphatic heterocycles. The van der Waals surface area contributed by atoms with E-state index in [0.717, 1.165) is 17.0 Å². The fraction of sp³-hybridized carbons (Fsp3) is 0.950. The van der Waals surface area contributed by atoms with Gasteiger partial charge in [-0.1, -0.05) is 0 Å². The van der Waals surface area contributed by atoms with Crippen LogP contribution in [0.1, 0.15) is 96.3 Å². The molecule has 3 saturated carbocycles. The summed E-state index contributed by atoms with van der Waals surface area (Å²) in [4.78, 5) is 0. The fourth-order valence-electron chi connectivity index (χ4n) is 6.62. The van der Waals surface area contributed by atoms with Gasteiger partial charge in [0, 0.05) is 0 Å². The van der Waals surface area contributed by atoms with Gasteiger partial charge in [0.1, 0.15) is 0 Å². The SMILES string of the molecule is [CH2]C(O)[PH](C1CCCCC1)(C1CCCCC1)C1CCCCC1. The van der Waals surface area contributed by atoms with Crippen LogP contribution in [0.4, 0.5) is 0 Å². The summed E-state index contributed by atoms with van der Waals surface area (Å²) in [5.74, 6) is -0.207. The molecule has 0 bridgehead atoms. The van der Waals surface area contributed by atoms with E-state index in [4.69, 9.17) is 0 Å². The Hall–Kier alpha value is 0.390. The minimum absolute atomic E-state index is 0.207. The van der Waals surface area contributed by atoms with Crippen molar-refractivity contribution < 1.29 is 5.11 Å². The van der Waals surface area contributed by atoms with Gasteiger partial charge in [-0.15, -0.1) is 0 Å². The number of hydrogen-bond acceptors (Lipinski definition) is 1. The number of rotatable bonds is 4. The first kappa shape index (κ1) is 17.2. The predicted octanol–water partition coefficient (Wildman–Crippen LogP) is 5.89. The molecule has 1 N–H and O–H groups in total. The van der Waals surface area contributed by atoms with E-state index in [1.807, 2.05) is 0 Å². The first-order valence-electron chi connectivity index (χ1n) is 10.3. The van der Waals surface area contributed by atoms with Gasteiger partial charge >= 0.3 is 138 Å². The summed E-state index contributed by atoms with van der Waals surface area (Å²) >= 11 is 0. The third-order valence-electron chi connectivity index (χ3n) is 7.51. The molecule has 129 valence electrons.